The van der Waals surface area contributed by atoms with E-state index in [-0.39, 0.29) is 49.6 Å². The highest BCUT2D eigenvalue weighted by Gasteiger charge is 2.32. The molecule has 0 spiro atoms. The summed E-state index contributed by atoms with van der Waals surface area (Å²) in [6.45, 7) is 8.24. The predicted molar refractivity (Wildman–Crippen MR) is 218 cm³/mol. The molecule has 54 heavy (non-hydrogen) atoms. The maximum absolute atomic E-state index is 11.8. The molecule has 0 heterocycles. The molecular weight excluding hydrogens is 679 g/mol. The molecule has 302 valence electrons. The van der Waals surface area contributed by atoms with Crippen molar-refractivity contribution in [2.45, 2.75) is 154 Å². The third-order valence-electron chi connectivity index (χ3n) is 11.2. The summed E-state index contributed by atoms with van der Waals surface area (Å²) in [6, 6.07) is 15.2. The lowest BCUT2D eigenvalue weighted by Crippen LogP contribution is -2.48. The van der Waals surface area contributed by atoms with E-state index < -0.39 is 23.8 Å². The average molecular weight is 750 g/mol. The second-order valence-corrected chi connectivity index (χ2v) is 16.6. The van der Waals surface area contributed by atoms with Gasteiger partial charge < -0.3 is 36.0 Å². The van der Waals surface area contributed by atoms with Gasteiger partial charge in [-0.05, 0) is 116 Å². The predicted octanol–water partition coefficient (Wildman–Crippen LogP) is 8.07. The Bertz CT molecular complexity index is 1430. The van der Waals surface area contributed by atoms with Crippen molar-refractivity contribution in [3.05, 3.63) is 88.5 Å². The fraction of sp³-hybridized carbons (Fsp3) is 0.630. The van der Waals surface area contributed by atoms with Crippen LogP contribution in [-0.2, 0) is 24.1 Å². The molecule has 2 aromatic rings. The highest BCUT2D eigenvalue weighted by Crippen LogP contribution is 2.35. The van der Waals surface area contributed by atoms with Crippen LogP contribution >= 0.6 is 0 Å². The van der Waals surface area contributed by atoms with E-state index >= 15 is 0 Å². The Hall–Kier alpha value is -3.01. The molecule has 0 radical (unpaired) electrons. The number of fused-ring (bicyclic) bond motifs is 1. The first-order valence-corrected chi connectivity index (χ1v) is 20.7. The smallest absolute Gasteiger partial charge is 0.303 e. The standard InChI is InChI=1S/C46H71NO7/c1-5-6-7-12-40(49)27-24-38-22-20-36-10-8-9-11-37(36)21-23-39(19-15-34(14-13-33(2)3)18-28-44(52)53)45(43(38)29-42(51)31-48)47-32-46(4,54)30-35-16-25-41(50)26-17-35/h8-11,16-17,24-27,33-34,39-40,42,45,47-51,54H,5-7,12-15,18-23,28-32H2,1-4H3,(H,52,53)/t34-,39-,40-,42-,45+,46-/m0/s1. The lowest BCUT2D eigenvalue weighted by atomic mass is 9.76. The normalized spacial score (nSPS) is 19.7. The number of nitrogens with one attached hydrogen (secondary N) is 1. The third-order valence-corrected chi connectivity index (χ3v) is 11.2. The number of phenolic OH excluding ortho intramolecular Hbond substituents is 1. The van der Waals surface area contributed by atoms with Gasteiger partial charge in [-0.3, -0.25) is 4.79 Å². The number of aromatic hydroxyl groups is 1. The number of benzene rings is 2. The molecule has 8 heteroatoms. The second-order valence-electron chi connectivity index (χ2n) is 16.6. The van der Waals surface area contributed by atoms with Crippen molar-refractivity contribution in [2.75, 3.05) is 13.2 Å². The maximum Gasteiger partial charge on any atom is 0.303 e. The minimum Gasteiger partial charge on any atom is -0.508 e. The number of aryl methyl sites for hydroxylation is 2. The molecule has 0 fully saturated rings. The molecule has 8 nitrogen and oxygen atoms in total. The summed E-state index contributed by atoms with van der Waals surface area (Å²) in [5.41, 5.74) is 4.37. The Morgan fingerprint density at radius 1 is 0.944 bits per heavy atom. The molecule has 3 rings (SSSR count). The molecule has 0 aliphatic heterocycles. The molecule has 0 aromatic heterocycles. The molecule has 1 aliphatic carbocycles. The van der Waals surface area contributed by atoms with Gasteiger partial charge in [-0.1, -0.05) is 108 Å². The molecule has 0 amide bonds. The van der Waals surface area contributed by atoms with E-state index in [9.17, 15) is 35.4 Å². The number of carboxylic acid groups (broad SMARTS) is 1. The minimum absolute atomic E-state index is 0.0748. The zero-order chi connectivity index (χ0) is 39.5. The highest BCUT2D eigenvalue weighted by molar-refractivity contribution is 5.66. The number of carbonyl (C=O) groups is 1. The number of unbranched alkanes of at least 4 members (excludes halogenated alkanes) is 2. The first-order valence-electron chi connectivity index (χ1n) is 20.7. The van der Waals surface area contributed by atoms with Gasteiger partial charge in [-0.2, -0.15) is 0 Å². The van der Waals surface area contributed by atoms with Crippen LogP contribution in [0.4, 0.5) is 0 Å². The Balaban J connectivity index is 2.13. The van der Waals surface area contributed by atoms with E-state index in [4.69, 9.17) is 0 Å². The molecule has 2 aromatic carbocycles. The lowest BCUT2D eigenvalue weighted by Gasteiger charge is -2.37. The number of aliphatic hydroxyl groups excluding tert-OH is 3. The van der Waals surface area contributed by atoms with Gasteiger partial charge in [0.25, 0.3) is 0 Å². The number of hydrogen-bond acceptors (Lipinski definition) is 7. The van der Waals surface area contributed by atoms with E-state index in [1.807, 2.05) is 31.2 Å². The fourth-order valence-electron chi connectivity index (χ4n) is 7.99. The number of aliphatic carboxylic acids is 1. The second kappa shape index (κ2) is 23.8. The minimum atomic E-state index is -1.14. The number of phenols is 1. The van der Waals surface area contributed by atoms with Gasteiger partial charge in [0.2, 0.25) is 0 Å². The number of rotatable bonds is 23. The molecule has 0 bridgehead atoms. The van der Waals surface area contributed by atoms with E-state index in [1.165, 1.54) is 11.1 Å². The molecule has 0 saturated carbocycles. The van der Waals surface area contributed by atoms with Gasteiger partial charge in [-0.25, -0.2) is 0 Å². The van der Waals surface area contributed by atoms with Crippen molar-refractivity contribution in [2.24, 2.45) is 17.8 Å². The van der Waals surface area contributed by atoms with Crippen molar-refractivity contribution in [3.63, 3.8) is 0 Å². The van der Waals surface area contributed by atoms with E-state index in [0.29, 0.717) is 31.6 Å². The van der Waals surface area contributed by atoms with Crippen LogP contribution in [0.25, 0.3) is 0 Å². The molecule has 0 unspecified atom stereocenters. The molecule has 6 atom stereocenters. The molecule has 0 saturated heterocycles. The Kier molecular flexibility index (Phi) is 20.0. The first-order chi connectivity index (χ1) is 25.8. The van der Waals surface area contributed by atoms with E-state index in [0.717, 1.165) is 80.9 Å². The summed E-state index contributed by atoms with van der Waals surface area (Å²) in [5.74, 6) is 0.259. The van der Waals surface area contributed by atoms with Crippen molar-refractivity contribution in [1.82, 2.24) is 5.32 Å². The zero-order valence-electron chi connectivity index (χ0n) is 33.6. The van der Waals surface area contributed by atoms with Crippen molar-refractivity contribution >= 4 is 5.97 Å². The van der Waals surface area contributed by atoms with Gasteiger partial charge in [-0.15, -0.1) is 0 Å². The van der Waals surface area contributed by atoms with Crippen LogP contribution in [0.1, 0.15) is 128 Å². The number of hydrogen-bond donors (Lipinski definition) is 7. The maximum atomic E-state index is 11.8. The van der Waals surface area contributed by atoms with Gasteiger partial charge in [0.15, 0.2) is 0 Å². The molecular formula is C46H71NO7. The van der Waals surface area contributed by atoms with Gasteiger partial charge in [0.05, 0.1) is 24.4 Å². The Labute approximate surface area is 325 Å². The summed E-state index contributed by atoms with van der Waals surface area (Å²) >= 11 is 0. The summed E-state index contributed by atoms with van der Waals surface area (Å²) in [4.78, 5) is 11.7. The average Bonchev–Trinajstić information content (AvgIpc) is 3.13. The number of aliphatic hydroxyl groups is 4. The van der Waals surface area contributed by atoms with Crippen LogP contribution in [0.2, 0.25) is 0 Å². The number of allylic oxidation sites excluding steroid dienone is 2. The van der Waals surface area contributed by atoms with E-state index in [2.05, 4.69) is 50.4 Å². The van der Waals surface area contributed by atoms with Crippen LogP contribution in [-0.4, -0.2) is 73.6 Å². The van der Waals surface area contributed by atoms with Gasteiger partial charge >= 0.3 is 5.97 Å². The van der Waals surface area contributed by atoms with Gasteiger partial charge in [0, 0.05) is 25.4 Å². The Morgan fingerprint density at radius 2 is 1.65 bits per heavy atom. The molecule has 1 aliphatic rings. The highest BCUT2D eigenvalue weighted by atomic mass is 16.4. The quantitative estimate of drug-likeness (QED) is 0.0564. The fourth-order valence-corrected chi connectivity index (χ4v) is 7.99. The van der Waals surface area contributed by atoms with Crippen LogP contribution in [0, 0.1) is 17.8 Å². The largest absolute Gasteiger partial charge is 0.508 e. The van der Waals surface area contributed by atoms with Crippen LogP contribution in [0.15, 0.2) is 71.8 Å². The monoisotopic (exact) mass is 750 g/mol. The molecule has 7 N–H and O–H groups in total. The van der Waals surface area contributed by atoms with Crippen LogP contribution in [0.3, 0.4) is 0 Å². The van der Waals surface area contributed by atoms with Crippen molar-refractivity contribution in [1.29, 1.82) is 0 Å². The lowest BCUT2D eigenvalue weighted by molar-refractivity contribution is -0.137. The van der Waals surface area contributed by atoms with Crippen LogP contribution < -0.4 is 5.32 Å². The van der Waals surface area contributed by atoms with E-state index in [1.54, 1.807) is 12.1 Å². The Morgan fingerprint density at radius 3 is 2.30 bits per heavy atom. The van der Waals surface area contributed by atoms with Crippen LogP contribution in [0.5, 0.6) is 5.75 Å². The summed E-state index contributed by atoms with van der Waals surface area (Å²) in [7, 11) is 0. The summed E-state index contributed by atoms with van der Waals surface area (Å²) < 4.78 is 0. The van der Waals surface area contributed by atoms with Crippen molar-refractivity contribution in [3.8, 4) is 5.75 Å². The third kappa shape index (κ3) is 16.8. The van der Waals surface area contributed by atoms with Crippen molar-refractivity contribution < 1.29 is 35.4 Å². The van der Waals surface area contributed by atoms with Gasteiger partial charge in [0.1, 0.15) is 5.75 Å². The number of carboxylic acids is 1. The zero-order valence-corrected chi connectivity index (χ0v) is 33.6. The first kappa shape index (κ1) is 45.4. The summed E-state index contributed by atoms with van der Waals surface area (Å²) in [5, 5.41) is 67.3. The summed E-state index contributed by atoms with van der Waals surface area (Å²) in [6.07, 6.45) is 14.4. The SMILES string of the molecule is CCCCC[C@H](O)C=CC1=C(C[C@H](O)CO)[C@H](NC[C@@](C)(O)Cc2ccc(O)cc2)[C@@H](CC[C@@H](CCC(=O)O)CCC(C)C)CCc2ccccc2CC1. The topological polar surface area (TPSA) is 150 Å².